The molecule has 80 heavy (non-hydrogen) atoms. The first kappa shape index (κ1) is 78.6. The lowest BCUT2D eigenvalue weighted by atomic mass is 10.0. The Balaban J connectivity index is 3.31. The van der Waals surface area contributed by atoms with Crippen LogP contribution in [0.1, 0.15) is 425 Å². The van der Waals surface area contributed by atoms with Crippen LogP contribution in [-0.2, 0) is 14.3 Å². The summed E-state index contributed by atoms with van der Waals surface area (Å²) in [6.45, 7) is 4.95. The molecule has 0 fully saturated rings. The number of rotatable bonds is 70. The van der Waals surface area contributed by atoms with Gasteiger partial charge in [0.1, 0.15) is 0 Å². The third kappa shape index (κ3) is 65.7. The van der Waals surface area contributed by atoms with Gasteiger partial charge in [0.15, 0.2) is 0 Å². The molecule has 3 N–H and O–H groups in total. The second kappa shape index (κ2) is 70.1. The average molecular weight is 1130 g/mol. The molecule has 1 amide bonds. The smallest absolute Gasteiger partial charge is 0.305 e. The van der Waals surface area contributed by atoms with E-state index in [0.717, 1.165) is 38.5 Å². The summed E-state index contributed by atoms with van der Waals surface area (Å²) in [4.78, 5) is 24.6. The van der Waals surface area contributed by atoms with Crippen LogP contribution < -0.4 is 5.32 Å². The fourth-order valence-corrected chi connectivity index (χ4v) is 11.9. The van der Waals surface area contributed by atoms with Crippen LogP contribution in [0.25, 0.3) is 0 Å². The van der Waals surface area contributed by atoms with Crippen LogP contribution >= 0.6 is 0 Å². The highest BCUT2D eigenvalue weighted by Gasteiger charge is 2.18. The number of carbonyl (C=O) groups excluding carboxylic acids is 2. The molecule has 0 aliphatic heterocycles. The van der Waals surface area contributed by atoms with E-state index in [-0.39, 0.29) is 18.5 Å². The van der Waals surface area contributed by atoms with Crippen LogP contribution in [0.2, 0.25) is 0 Å². The molecule has 6 nitrogen and oxygen atoms in total. The summed E-state index contributed by atoms with van der Waals surface area (Å²) in [7, 11) is 0. The molecule has 0 heterocycles. The lowest BCUT2D eigenvalue weighted by Crippen LogP contribution is -2.45. The van der Waals surface area contributed by atoms with Crippen LogP contribution in [0.4, 0.5) is 0 Å². The zero-order valence-electron chi connectivity index (χ0n) is 54.6. The molecule has 0 aliphatic carbocycles. The number of aliphatic hydroxyl groups is 2. The summed E-state index contributed by atoms with van der Waals surface area (Å²) in [6.07, 6.45) is 87.4. The molecular formula is C74H145NO5. The van der Waals surface area contributed by atoms with Gasteiger partial charge in [-0.1, -0.05) is 392 Å². The predicted octanol–water partition coefficient (Wildman–Crippen LogP) is 23.9. The molecular weight excluding hydrogens is 983 g/mol. The molecule has 0 rings (SSSR count). The zero-order chi connectivity index (χ0) is 57.8. The summed E-state index contributed by atoms with van der Waals surface area (Å²) < 4.78 is 5.52. The first-order chi connectivity index (χ1) is 39.5. The summed E-state index contributed by atoms with van der Waals surface area (Å²) >= 11 is 0. The van der Waals surface area contributed by atoms with Crippen molar-refractivity contribution in [1.29, 1.82) is 0 Å². The number of allylic oxidation sites excluding steroid dienone is 1. The number of esters is 1. The standard InChI is InChI=1S/C74H145NO5/c1-3-5-7-9-11-13-15-17-19-20-37-40-44-48-52-56-60-64-68-74(79)80-69-65-61-57-53-49-45-41-38-35-33-31-29-27-25-23-21-22-24-26-28-30-32-34-36-39-43-47-51-55-59-63-67-73(78)75-71(70-76)72(77)66-62-58-54-50-46-42-18-16-14-12-10-8-6-4-2/h62,66,71-72,76-77H,3-61,63-65,67-70H2,1-2H3,(H,75,78)/b66-62+. The Morgan fingerprint density at radius 2 is 0.575 bits per heavy atom. The van der Waals surface area contributed by atoms with Crippen molar-refractivity contribution >= 4 is 11.9 Å². The molecule has 0 radical (unpaired) electrons. The lowest BCUT2D eigenvalue weighted by Gasteiger charge is -2.20. The first-order valence-corrected chi connectivity index (χ1v) is 37.0. The molecule has 0 aromatic carbocycles. The van der Waals surface area contributed by atoms with Gasteiger partial charge in [-0.05, 0) is 32.1 Å². The van der Waals surface area contributed by atoms with Gasteiger partial charge in [0.2, 0.25) is 5.91 Å². The summed E-state index contributed by atoms with van der Waals surface area (Å²) in [6, 6.07) is -0.623. The molecule has 2 atom stereocenters. The Morgan fingerprint density at radius 3 is 0.850 bits per heavy atom. The molecule has 476 valence electrons. The summed E-state index contributed by atoms with van der Waals surface area (Å²) in [5.41, 5.74) is 0. The number of aliphatic hydroxyl groups excluding tert-OH is 2. The summed E-state index contributed by atoms with van der Waals surface area (Å²) in [5.74, 6) is -0.0352. The number of ether oxygens (including phenoxy) is 1. The largest absolute Gasteiger partial charge is 0.466 e. The van der Waals surface area contributed by atoms with Crippen molar-refractivity contribution < 1.29 is 24.5 Å². The molecule has 6 heteroatoms. The maximum Gasteiger partial charge on any atom is 0.305 e. The molecule has 0 saturated carbocycles. The minimum Gasteiger partial charge on any atom is -0.466 e. The highest BCUT2D eigenvalue weighted by atomic mass is 16.5. The van der Waals surface area contributed by atoms with Gasteiger partial charge in [0.05, 0.1) is 25.4 Å². The van der Waals surface area contributed by atoms with Crippen molar-refractivity contribution in [1.82, 2.24) is 5.32 Å². The van der Waals surface area contributed by atoms with Gasteiger partial charge in [0, 0.05) is 12.8 Å². The van der Waals surface area contributed by atoms with Crippen LogP contribution in [0.3, 0.4) is 0 Å². The van der Waals surface area contributed by atoms with Gasteiger partial charge in [-0.15, -0.1) is 0 Å². The van der Waals surface area contributed by atoms with E-state index < -0.39 is 12.1 Å². The van der Waals surface area contributed by atoms with Gasteiger partial charge in [-0.25, -0.2) is 0 Å². The Morgan fingerprint density at radius 1 is 0.338 bits per heavy atom. The quantitative estimate of drug-likeness (QED) is 0.0320. The third-order valence-corrected chi connectivity index (χ3v) is 17.6. The molecule has 0 aliphatic rings. The van der Waals surface area contributed by atoms with Crippen molar-refractivity contribution in [2.45, 2.75) is 437 Å². The van der Waals surface area contributed by atoms with E-state index in [1.165, 1.54) is 360 Å². The summed E-state index contributed by atoms with van der Waals surface area (Å²) in [5, 5.41) is 23.2. The van der Waals surface area contributed by atoms with E-state index in [1.807, 2.05) is 6.08 Å². The van der Waals surface area contributed by atoms with E-state index in [4.69, 9.17) is 4.74 Å². The number of unbranched alkanes of at least 4 members (excludes halogenated alkanes) is 59. The fourth-order valence-electron chi connectivity index (χ4n) is 11.9. The number of hydrogen-bond acceptors (Lipinski definition) is 5. The van der Waals surface area contributed by atoms with E-state index in [1.54, 1.807) is 6.08 Å². The third-order valence-electron chi connectivity index (χ3n) is 17.6. The Kier molecular flexibility index (Phi) is 68.9. The Hall–Kier alpha value is -1.40. The molecule has 2 unspecified atom stereocenters. The van der Waals surface area contributed by atoms with E-state index in [2.05, 4.69) is 19.2 Å². The van der Waals surface area contributed by atoms with Gasteiger partial charge >= 0.3 is 5.97 Å². The second-order valence-corrected chi connectivity index (χ2v) is 25.6. The van der Waals surface area contributed by atoms with Gasteiger partial charge in [-0.3, -0.25) is 9.59 Å². The monoisotopic (exact) mass is 1130 g/mol. The van der Waals surface area contributed by atoms with E-state index in [0.29, 0.717) is 19.4 Å². The number of hydrogen-bond donors (Lipinski definition) is 3. The molecule has 0 saturated heterocycles. The maximum absolute atomic E-state index is 12.5. The maximum atomic E-state index is 12.5. The molecule has 0 bridgehead atoms. The molecule has 0 spiro atoms. The lowest BCUT2D eigenvalue weighted by molar-refractivity contribution is -0.143. The van der Waals surface area contributed by atoms with Crippen molar-refractivity contribution in [2.24, 2.45) is 0 Å². The highest BCUT2D eigenvalue weighted by molar-refractivity contribution is 5.76. The minimum absolute atomic E-state index is 0.0258. The second-order valence-electron chi connectivity index (χ2n) is 25.6. The Bertz CT molecular complexity index is 1210. The van der Waals surface area contributed by atoms with Crippen LogP contribution in [0.15, 0.2) is 12.2 Å². The highest BCUT2D eigenvalue weighted by Crippen LogP contribution is 2.20. The first-order valence-electron chi connectivity index (χ1n) is 37.0. The average Bonchev–Trinajstić information content (AvgIpc) is 3.46. The van der Waals surface area contributed by atoms with Gasteiger partial charge in [-0.2, -0.15) is 0 Å². The van der Waals surface area contributed by atoms with Crippen molar-refractivity contribution in [2.75, 3.05) is 13.2 Å². The van der Waals surface area contributed by atoms with E-state index in [9.17, 15) is 19.8 Å². The molecule has 0 aromatic heterocycles. The fraction of sp³-hybridized carbons (Fsp3) is 0.946. The van der Waals surface area contributed by atoms with Gasteiger partial charge < -0.3 is 20.3 Å². The number of nitrogens with one attached hydrogen (secondary N) is 1. The number of carbonyl (C=O) groups is 2. The Labute approximate surface area is 501 Å². The number of amides is 1. The van der Waals surface area contributed by atoms with Crippen molar-refractivity contribution in [3.8, 4) is 0 Å². The SMILES string of the molecule is CCCCCCCCCCCCCC/C=C/C(O)C(CO)NC(=O)CCCCCCCCCCCCCCCCCCCCCCCCCCCCCCCCCOC(=O)CCCCCCCCCCCCCCCCCCCC. The van der Waals surface area contributed by atoms with Crippen LogP contribution in [-0.4, -0.2) is 47.4 Å². The topological polar surface area (TPSA) is 95.9 Å². The van der Waals surface area contributed by atoms with Crippen LogP contribution in [0, 0.1) is 0 Å². The predicted molar refractivity (Wildman–Crippen MR) is 352 cm³/mol. The minimum atomic E-state index is -0.840. The van der Waals surface area contributed by atoms with Crippen LogP contribution in [0.5, 0.6) is 0 Å². The normalized spacial score (nSPS) is 12.5. The van der Waals surface area contributed by atoms with Crippen molar-refractivity contribution in [3.63, 3.8) is 0 Å². The zero-order valence-corrected chi connectivity index (χ0v) is 54.6. The van der Waals surface area contributed by atoms with E-state index >= 15 is 0 Å². The van der Waals surface area contributed by atoms with Gasteiger partial charge in [0.25, 0.3) is 0 Å². The molecule has 0 aromatic rings. The van der Waals surface area contributed by atoms with Crippen molar-refractivity contribution in [3.05, 3.63) is 12.2 Å².